The molecule has 0 N–H and O–H groups in total. The Bertz CT molecular complexity index is 951. The van der Waals surface area contributed by atoms with Crippen LogP contribution in [-0.2, 0) is 15.9 Å². The second kappa shape index (κ2) is 8.22. The van der Waals surface area contributed by atoms with Crippen LogP contribution in [0.15, 0.2) is 61.1 Å². The SMILES string of the molecule is C1=C(C(Cc2ccccc2)N2CCN(c3nc(-n4ccnc4)ns3)CC2)OCO1. The van der Waals surface area contributed by atoms with Crippen LogP contribution in [-0.4, -0.2) is 62.8 Å². The lowest BCUT2D eigenvalue weighted by Gasteiger charge is -2.38. The fourth-order valence-electron chi connectivity index (χ4n) is 3.72. The third-order valence-electron chi connectivity index (χ3n) is 5.26. The van der Waals surface area contributed by atoms with E-state index in [2.05, 4.69) is 48.4 Å². The highest BCUT2D eigenvalue weighted by atomic mass is 32.1. The van der Waals surface area contributed by atoms with Crippen molar-refractivity contribution >= 4 is 16.7 Å². The summed E-state index contributed by atoms with van der Waals surface area (Å²) in [6.07, 6.45) is 7.97. The van der Waals surface area contributed by atoms with Gasteiger partial charge in [-0.05, 0) is 12.0 Å². The first kappa shape index (κ1) is 18.1. The summed E-state index contributed by atoms with van der Waals surface area (Å²) in [6, 6.07) is 10.7. The molecule has 3 aromatic rings. The Labute approximate surface area is 173 Å². The molecular weight excluding hydrogens is 388 g/mol. The van der Waals surface area contributed by atoms with Crippen LogP contribution in [0, 0.1) is 0 Å². The number of ether oxygens (including phenoxy) is 2. The number of imidazole rings is 1. The summed E-state index contributed by atoms with van der Waals surface area (Å²) in [7, 11) is 0. The van der Waals surface area contributed by atoms with Gasteiger partial charge in [-0.25, -0.2) is 4.98 Å². The van der Waals surface area contributed by atoms with Gasteiger partial charge in [0, 0.05) is 50.1 Å². The van der Waals surface area contributed by atoms with Crippen molar-refractivity contribution in [2.75, 3.05) is 37.9 Å². The topological polar surface area (TPSA) is 68.5 Å². The summed E-state index contributed by atoms with van der Waals surface area (Å²) in [5, 5.41) is 0.952. The van der Waals surface area contributed by atoms with Gasteiger partial charge in [0.15, 0.2) is 5.76 Å². The van der Waals surface area contributed by atoms with Crippen LogP contribution >= 0.6 is 11.5 Å². The predicted molar refractivity (Wildman–Crippen MR) is 110 cm³/mol. The molecule has 29 heavy (non-hydrogen) atoms. The molecule has 150 valence electrons. The van der Waals surface area contributed by atoms with Crippen molar-refractivity contribution < 1.29 is 9.47 Å². The average molecular weight is 411 g/mol. The molecule has 0 saturated carbocycles. The van der Waals surface area contributed by atoms with E-state index in [1.54, 1.807) is 18.8 Å². The summed E-state index contributed by atoms with van der Waals surface area (Å²) < 4.78 is 17.4. The van der Waals surface area contributed by atoms with Crippen molar-refractivity contribution in [1.29, 1.82) is 0 Å². The molecular formula is C20H22N6O2S. The molecule has 1 saturated heterocycles. The van der Waals surface area contributed by atoms with Gasteiger partial charge in [0.1, 0.15) is 12.6 Å². The quantitative estimate of drug-likeness (QED) is 0.618. The lowest BCUT2D eigenvalue weighted by atomic mass is 10.0. The average Bonchev–Trinajstić information content (AvgIpc) is 3.55. The molecule has 8 nitrogen and oxygen atoms in total. The zero-order valence-corrected chi connectivity index (χ0v) is 16.7. The molecule has 0 spiro atoms. The largest absolute Gasteiger partial charge is 0.462 e. The minimum atomic E-state index is 0.179. The number of rotatable bonds is 6. The maximum atomic E-state index is 5.75. The molecule has 0 aliphatic carbocycles. The van der Waals surface area contributed by atoms with Crippen molar-refractivity contribution in [1.82, 2.24) is 23.8 Å². The van der Waals surface area contributed by atoms with E-state index in [-0.39, 0.29) is 6.04 Å². The monoisotopic (exact) mass is 410 g/mol. The maximum Gasteiger partial charge on any atom is 0.248 e. The van der Waals surface area contributed by atoms with Crippen molar-refractivity contribution in [2.45, 2.75) is 12.5 Å². The van der Waals surface area contributed by atoms with Crippen LogP contribution in [0.25, 0.3) is 5.95 Å². The summed E-state index contributed by atoms with van der Waals surface area (Å²) in [5.41, 5.74) is 1.30. The van der Waals surface area contributed by atoms with E-state index in [1.807, 2.05) is 16.8 Å². The third-order valence-corrected chi connectivity index (χ3v) is 6.03. The minimum Gasteiger partial charge on any atom is -0.462 e. The maximum absolute atomic E-state index is 5.75. The Morgan fingerprint density at radius 1 is 1.10 bits per heavy atom. The van der Waals surface area contributed by atoms with Crippen LogP contribution in [0.3, 0.4) is 0 Å². The van der Waals surface area contributed by atoms with E-state index in [0.717, 1.165) is 43.5 Å². The first-order chi connectivity index (χ1) is 14.4. The lowest BCUT2D eigenvalue weighted by molar-refractivity contribution is 0.0580. The summed E-state index contributed by atoms with van der Waals surface area (Å²) >= 11 is 1.43. The standard InChI is InChI=1S/C20H22N6O2S/c1-2-4-16(5-3-1)12-17(18-13-27-15-28-18)24-8-10-25(11-9-24)20-22-19(23-29-20)26-7-6-21-14-26/h1-7,13-14,17H,8-12,15H2. The van der Waals surface area contributed by atoms with E-state index >= 15 is 0 Å². The predicted octanol–water partition coefficient (Wildman–Crippen LogP) is 2.30. The highest BCUT2D eigenvalue weighted by Crippen LogP contribution is 2.25. The number of aromatic nitrogens is 4. The molecule has 0 amide bonds. The summed E-state index contributed by atoms with van der Waals surface area (Å²) in [5.74, 6) is 1.59. The fourth-order valence-corrected chi connectivity index (χ4v) is 4.44. The Morgan fingerprint density at radius 3 is 2.69 bits per heavy atom. The van der Waals surface area contributed by atoms with Crippen LogP contribution in [0.2, 0.25) is 0 Å². The van der Waals surface area contributed by atoms with Crippen LogP contribution < -0.4 is 4.90 Å². The molecule has 1 fully saturated rings. The molecule has 0 bridgehead atoms. The Balaban J connectivity index is 1.26. The van der Waals surface area contributed by atoms with E-state index in [9.17, 15) is 0 Å². The summed E-state index contributed by atoms with van der Waals surface area (Å²) in [6.45, 7) is 3.97. The molecule has 1 atom stereocenters. The first-order valence-electron chi connectivity index (χ1n) is 9.66. The van der Waals surface area contributed by atoms with Gasteiger partial charge in [-0.1, -0.05) is 30.3 Å². The molecule has 9 heteroatoms. The number of nitrogens with zero attached hydrogens (tertiary/aromatic N) is 6. The Hall–Kier alpha value is -2.91. The van der Waals surface area contributed by atoms with Gasteiger partial charge in [-0.3, -0.25) is 9.47 Å². The smallest absolute Gasteiger partial charge is 0.248 e. The fraction of sp³-hybridized carbons (Fsp3) is 0.350. The first-order valence-corrected chi connectivity index (χ1v) is 10.4. The molecule has 1 aromatic carbocycles. The number of benzene rings is 1. The van der Waals surface area contributed by atoms with Crippen molar-refractivity contribution in [3.8, 4) is 5.95 Å². The van der Waals surface area contributed by atoms with E-state index < -0.39 is 0 Å². The van der Waals surface area contributed by atoms with Gasteiger partial charge in [0.25, 0.3) is 0 Å². The van der Waals surface area contributed by atoms with Crippen molar-refractivity contribution in [3.05, 3.63) is 66.6 Å². The van der Waals surface area contributed by atoms with E-state index in [0.29, 0.717) is 12.7 Å². The second-order valence-electron chi connectivity index (χ2n) is 7.02. The highest BCUT2D eigenvalue weighted by molar-refractivity contribution is 7.09. The summed E-state index contributed by atoms with van der Waals surface area (Å²) in [4.78, 5) is 13.5. The zero-order chi connectivity index (χ0) is 19.5. The molecule has 0 radical (unpaired) electrons. The Kier molecular flexibility index (Phi) is 5.14. The van der Waals surface area contributed by atoms with E-state index in [1.165, 1.54) is 17.1 Å². The minimum absolute atomic E-state index is 0.179. The van der Waals surface area contributed by atoms with Crippen LogP contribution in [0.1, 0.15) is 5.56 Å². The van der Waals surface area contributed by atoms with Crippen molar-refractivity contribution in [2.24, 2.45) is 0 Å². The van der Waals surface area contributed by atoms with Crippen LogP contribution in [0.4, 0.5) is 5.13 Å². The van der Waals surface area contributed by atoms with Gasteiger partial charge in [-0.15, -0.1) is 0 Å². The molecule has 2 aliphatic rings. The second-order valence-corrected chi connectivity index (χ2v) is 7.75. The highest BCUT2D eigenvalue weighted by Gasteiger charge is 2.30. The molecule has 2 aromatic heterocycles. The molecule has 4 heterocycles. The third kappa shape index (κ3) is 3.96. The van der Waals surface area contributed by atoms with Gasteiger partial charge < -0.3 is 14.4 Å². The molecule has 5 rings (SSSR count). The molecule has 2 aliphatic heterocycles. The Morgan fingerprint density at radius 2 is 1.97 bits per heavy atom. The number of hydrogen-bond donors (Lipinski definition) is 0. The number of anilines is 1. The van der Waals surface area contributed by atoms with Gasteiger partial charge in [0.2, 0.25) is 17.9 Å². The normalized spacial score (nSPS) is 18.2. The van der Waals surface area contributed by atoms with Crippen LogP contribution in [0.5, 0.6) is 0 Å². The van der Waals surface area contributed by atoms with E-state index in [4.69, 9.17) is 9.47 Å². The zero-order valence-electron chi connectivity index (χ0n) is 15.9. The van der Waals surface area contributed by atoms with Gasteiger partial charge in [-0.2, -0.15) is 9.36 Å². The van der Waals surface area contributed by atoms with Gasteiger partial charge in [0.05, 0.1) is 6.04 Å². The van der Waals surface area contributed by atoms with Gasteiger partial charge >= 0.3 is 0 Å². The molecule has 1 unspecified atom stereocenters. The van der Waals surface area contributed by atoms with Crippen molar-refractivity contribution in [3.63, 3.8) is 0 Å². The lowest BCUT2D eigenvalue weighted by Crippen LogP contribution is -2.51. The number of piperazine rings is 1. The number of hydrogen-bond acceptors (Lipinski definition) is 8.